The normalized spacial score (nSPS) is 11.0. The van der Waals surface area contributed by atoms with Crippen molar-refractivity contribution in [2.24, 2.45) is 0 Å². The second-order valence-electron chi connectivity index (χ2n) is 4.44. The molecule has 0 fully saturated rings. The molecule has 0 aliphatic carbocycles. The molecule has 0 aliphatic heterocycles. The van der Waals surface area contributed by atoms with E-state index in [0.29, 0.717) is 16.9 Å². The Bertz CT molecular complexity index is 669. The molecule has 2 aromatic rings. The first-order valence-electron chi connectivity index (χ1n) is 6.17. The van der Waals surface area contributed by atoms with Gasteiger partial charge < -0.3 is 4.74 Å². The van der Waals surface area contributed by atoms with Gasteiger partial charge in [-0.15, -0.1) is 0 Å². The zero-order chi connectivity index (χ0) is 15.5. The molecular weight excluding hydrogens is 279 g/mol. The third-order valence-electron chi connectivity index (χ3n) is 3.10. The van der Waals surface area contributed by atoms with Gasteiger partial charge in [-0.3, -0.25) is 0 Å². The minimum atomic E-state index is -4.34. The van der Waals surface area contributed by atoms with Crippen molar-refractivity contribution in [2.45, 2.75) is 12.6 Å². The van der Waals surface area contributed by atoms with Crippen LogP contribution < -0.4 is 4.74 Å². The third-order valence-corrected chi connectivity index (χ3v) is 3.10. The van der Waals surface area contributed by atoms with E-state index < -0.39 is 11.7 Å². The monoisotopic (exact) mass is 291 g/mol. The summed E-state index contributed by atoms with van der Waals surface area (Å²) in [5.74, 6) is 0.590. The van der Waals surface area contributed by atoms with Crippen LogP contribution in [0.3, 0.4) is 0 Å². The van der Waals surface area contributed by atoms with Crippen LogP contribution in [-0.2, 0) is 12.6 Å². The third kappa shape index (κ3) is 3.34. The average molecular weight is 291 g/mol. The molecule has 0 saturated carbocycles. The summed E-state index contributed by atoms with van der Waals surface area (Å²) in [5.41, 5.74) is 1.43. The van der Waals surface area contributed by atoms with Gasteiger partial charge in [0.1, 0.15) is 5.75 Å². The van der Waals surface area contributed by atoms with Gasteiger partial charge in [0.15, 0.2) is 0 Å². The van der Waals surface area contributed by atoms with Crippen LogP contribution in [0.25, 0.3) is 11.1 Å². The van der Waals surface area contributed by atoms with Crippen molar-refractivity contribution < 1.29 is 17.9 Å². The summed E-state index contributed by atoms with van der Waals surface area (Å²) in [6.45, 7) is 0. The lowest BCUT2D eigenvalue weighted by Gasteiger charge is -2.10. The molecule has 0 bridgehead atoms. The van der Waals surface area contributed by atoms with E-state index in [1.54, 1.807) is 18.2 Å². The number of nitriles is 1. The molecule has 0 radical (unpaired) electrons. The van der Waals surface area contributed by atoms with Crippen molar-refractivity contribution in [2.75, 3.05) is 7.11 Å². The van der Waals surface area contributed by atoms with Crippen molar-refractivity contribution in [3.63, 3.8) is 0 Å². The number of rotatable bonds is 3. The molecule has 0 spiro atoms. The van der Waals surface area contributed by atoms with Crippen LogP contribution in [0.15, 0.2) is 42.5 Å². The van der Waals surface area contributed by atoms with E-state index >= 15 is 0 Å². The first kappa shape index (κ1) is 14.9. The summed E-state index contributed by atoms with van der Waals surface area (Å²) in [6, 6.07) is 12.2. The van der Waals surface area contributed by atoms with Gasteiger partial charge in [-0.1, -0.05) is 18.2 Å². The molecule has 0 heterocycles. The van der Waals surface area contributed by atoms with Gasteiger partial charge in [0, 0.05) is 5.56 Å². The Kier molecular flexibility index (Phi) is 4.18. The van der Waals surface area contributed by atoms with E-state index in [1.807, 2.05) is 6.07 Å². The second-order valence-corrected chi connectivity index (χ2v) is 4.44. The summed E-state index contributed by atoms with van der Waals surface area (Å²) in [5, 5.41) is 8.80. The molecule has 0 N–H and O–H groups in total. The predicted molar refractivity (Wildman–Crippen MR) is 72.7 cm³/mol. The van der Waals surface area contributed by atoms with Crippen molar-refractivity contribution >= 4 is 0 Å². The van der Waals surface area contributed by atoms with Crippen LogP contribution in [0.2, 0.25) is 0 Å². The highest BCUT2D eigenvalue weighted by atomic mass is 19.4. The van der Waals surface area contributed by atoms with Crippen LogP contribution in [0.4, 0.5) is 13.2 Å². The van der Waals surface area contributed by atoms with E-state index in [4.69, 9.17) is 10.00 Å². The molecule has 21 heavy (non-hydrogen) atoms. The van der Waals surface area contributed by atoms with Gasteiger partial charge in [0.25, 0.3) is 0 Å². The Hall–Kier alpha value is -2.48. The van der Waals surface area contributed by atoms with Gasteiger partial charge in [0.2, 0.25) is 0 Å². The fourth-order valence-electron chi connectivity index (χ4n) is 2.03. The van der Waals surface area contributed by atoms with Crippen molar-refractivity contribution in [1.82, 2.24) is 0 Å². The highest BCUT2D eigenvalue weighted by Gasteiger charge is 2.29. The Balaban J connectivity index is 2.38. The zero-order valence-corrected chi connectivity index (χ0v) is 11.2. The number of hydrogen-bond acceptors (Lipinski definition) is 2. The van der Waals surface area contributed by atoms with Crippen LogP contribution in [0.5, 0.6) is 5.75 Å². The van der Waals surface area contributed by atoms with Crippen LogP contribution >= 0.6 is 0 Å². The van der Waals surface area contributed by atoms with Crippen molar-refractivity contribution in [3.05, 3.63) is 53.6 Å². The van der Waals surface area contributed by atoms with Crippen LogP contribution in [-0.4, -0.2) is 7.11 Å². The van der Waals surface area contributed by atoms with Crippen molar-refractivity contribution in [1.29, 1.82) is 5.26 Å². The first-order chi connectivity index (χ1) is 9.95. The summed E-state index contributed by atoms with van der Waals surface area (Å²) >= 11 is 0. The summed E-state index contributed by atoms with van der Waals surface area (Å²) < 4.78 is 42.8. The van der Waals surface area contributed by atoms with Gasteiger partial charge in [-0.05, 0) is 35.4 Å². The lowest BCUT2D eigenvalue weighted by Crippen LogP contribution is -2.04. The maximum atomic E-state index is 12.5. The smallest absolute Gasteiger partial charge is 0.416 e. The summed E-state index contributed by atoms with van der Waals surface area (Å²) in [4.78, 5) is 0. The van der Waals surface area contributed by atoms with Gasteiger partial charge in [0.05, 0.1) is 25.2 Å². The average Bonchev–Trinajstić information content (AvgIpc) is 2.47. The molecule has 2 nitrogen and oxygen atoms in total. The number of ether oxygens (including phenoxy) is 1. The molecule has 0 atom stereocenters. The molecule has 2 rings (SSSR count). The molecule has 0 aromatic heterocycles. The number of nitrogens with zero attached hydrogens (tertiary/aromatic N) is 1. The number of alkyl halides is 3. The SMILES string of the molecule is COc1ccc(-c2ccc(C(F)(F)F)cc2)cc1CC#N. The molecule has 0 amide bonds. The topological polar surface area (TPSA) is 33.0 Å². The first-order valence-corrected chi connectivity index (χ1v) is 6.17. The Morgan fingerprint density at radius 2 is 1.67 bits per heavy atom. The fraction of sp³-hybridized carbons (Fsp3) is 0.188. The number of methoxy groups -OCH3 is 1. The molecule has 0 aliphatic rings. The summed E-state index contributed by atoms with van der Waals surface area (Å²) in [7, 11) is 1.51. The lowest BCUT2D eigenvalue weighted by atomic mass is 10.00. The standard InChI is InChI=1S/C16H12F3NO/c1-21-15-7-4-12(10-13(15)8-9-20)11-2-5-14(6-3-11)16(17,18)19/h2-7,10H,8H2,1H3. The minimum absolute atomic E-state index is 0.178. The maximum absolute atomic E-state index is 12.5. The van der Waals surface area contributed by atoms with Crippen LogP contribution in [0, 0.1) is 11.3 Å². The van der Waals surface area contributed by atoms with Gasteiger partial charge in [-0.2, -0.15) is 18.4 Å². The highest BCUT2D eigenvalue weighted by Crippen LogP contribution is 2.32. The van der Waals surface area contributed by atoms with Gasteiger partial charge in [-0.25, -0.2) is 0 Å². The molecule has 0 unspecified atom stereocenters. The fourth-order valence-corrected chi connectivity index (χ4v) is 2.03. The molecular formula is C16H12F3NO. The maximum Gasteiger partial charge on any atom is 0.416 e. The van der Waals surface area contributed by atoms with E-state index in [1.165, 1.54) is 19.2 Å². The summed E-state index contributed by atoms with van der Waals surface area (Å²) in [6.07, 6.45) is -4.16. The molecule has 108 valence electrons. The lowest BCUT2D eigenvalue weighted by molar-refractivity contribution is -0.137. The van der Waals surface area contributed by atoms with Gasteiger partial charge >= 0.3 is 6.18 Å². The number of benzene rings is 2. The minimum Gasteiger partial charge on any atom is -0.496 e. The van der Waals surface area contributed by atoms with E-state index in [2.05, 4.69) is 0 Å². The quantitative estimate of drug-likeness (QED) is 0.837. The Morgan fingerprint density at radius 1 is 1.05 bits per heavy atom. The number of hydrogen-bond donors (Lipinski definition) is 0. The molecule has 0 saturated heterocycles. The second kappa shape index (κ2) is 5.88. The predicted octanol–water partition coefficient (Wildman–Crippen LogP) is 4.45. The van der Waals surface area contributed by atoms with E-state index in [-0.39, 0.29) is 6.42 Å². The molecule has 2 aromatic carbocycles. The zero-order valence-electron chi connectivity index (χ0n) is 11.2. The van der Waals surface area contributed by atoms with E-state index in [0.717, 1.165) is 17.7 Å². The Morgan fingerprint density at radius 3 is 2.19 bits per heavy atom. The largest absolute Gasteiger partial charge is 0.496 e. The highest BCUT2D eigenvalue weighted by molar-refractivity contribution is 5.66. The van der Waals surface area contributed by atoms with E-state index in [9.17, 15) is 13.2 Å². The van der Waals surface area contributed by atoms with Crippen molar-refractivity contribution in [3.8, 4) is 22.9 Å². The van der Waals surface area contributed by atoms with Crippen LogP contribution in [0.1, 0.15) is 11.1 Å². The Labute approximate surface area is 120 Å². The molecule has 5 heteroatoms. The number of halogens is 3.